The number of rotatable bonds is 4. The van der Waals surface area contributed by atoms with Gasteiger partial charge in [0.25, 0.3) is 0 Å². The van der Waals surface area contributed by atoms with Gasteiger partial charge >= 0.3 is 5.97 Å². The lowest BCUT2D eigenvalue weighted by molar-refractivity contribution is 0.0600. The maximum absolute atomic E-state index is 11.6. The van der Waals surface area contributed by atoms with Crippen molar-refractivity contribution in [3.8, 4) is 29.0 Å². The fourth-order valence-corrected chi connectivity index (χ4v) is 2.33. The molecule has 0 radical (unpaired) electrons. The van der Waals surface area contributed by atoms with Gasteiger partial charge in [0.05, 0.1) is 18.4 Å². The summed E-state index contributed by atoms with van der Waals surface area (Å²) in [5.74, 6) is 0.219. The number of aromatic nitrogens is 3. The second-order valence-corrected chi connectivity index (χ2v) is 5.30. The molecule has 27 heavy (non-hydrogen) atoms. The van der Waals surface area contributed by atoms with Crippen molar-refractivity contribution >= 4 is 17.7 Å². The lowest BCUT2D eigenvalue weighted by Crippen LogP contribution is -2.04. The van der Waals surface area contributed by atoms with E-state index in [-0.39, 0.29) is 23.2 Å². The standard InChI is InChI=1S/C18H14N6O3/c1-26-17(25)11-6-7-22-14(8-11)27-12-4-2-10(3-5-12)15-13(9-19)16(20)24-18(21)23-15/h2-8H,1H3,(H4,20,21,23,24). The van der Waals surface area contributed by atoms with E-state index in [0.29, 0.717) is 22.6 Å². The molecule has 9 nitrogen and oxygen atoms in total. The van der Waals surface area contributed by atoms with Gasteiger partial charge in [-0.05, 0) is 30.3 Å². The Kier molecular flexibility index (Phi) is 4.81. The van der Waals surface area contributed by atoms with E-state index in [1.165, 1.54) is 25.4 Å². The highest BCUT2D eigenvalue weighted by molar-refractivity contribution is 5.89. The first kappa shape index (κ1) is 17.6. The molecule has 9 heteroatoms. The van der Waals surface area contributed by atoms with Gasteiger partial charge in [-0.2, -0.15) is 10.2 Å². The molecular formula is C18H14N6O3. The third-order valence-electron chi connectivity index (χ3n) is 3.57. The summed E-state index contributed by atoms with van der Waals surface area (Å²) in [6.45, 7) is 0. The predicted octanol–water partition coefficient (Wildman–Crippen LogP) is 2.15. The summed E-state index contributed by atoms with van der Waals surface area (Å²) >= 11 is 0. The first-order valence-electron chi connectivity index (χ1n) is 7.67. The molecule has 3 aromatic rings. The summed E-state index contributed by atoms with van der Waals surface area (Å²) in [7, 11) is 1.30. The Morgan fingerprint density at radius 2 is 1.89 bits per heavy atom. The van der Waals surface area contributed by atoms with Crippen LogP contribution < -0.4 is 16.2 Å². The van der Waals surface area contributed by atoms with Crippen molar-refractivity contribution in [3.05, 3.63) is 53.7 Å². The summed E-state index contributed by atoms with van der Waals surface area (Å²) in [6, 6.07) is 11.7. The highest BCUT2D eigenvalue weighted by Crippen LogP contribution is 2.28. The summed E-state index contributed by atoms with van der Waals surface area (Å²) in [5.41, 5.74) is 12.8. The highest BCUT2D eigenvalue weighted by Gasteiger charge is 2.13. The van der Waals surface area contributed by atoms with Crippen molar-refractivity contribution in [1.82, 2.24) is 15.0 Å². The highest BCUT2D eigenvalue weighted by atomic mass is 16.5. The smallest absolute Gasteiger partial charge is 0.338 e. The van der Waals surface area contributed by atoms with Crippen molar-refractivity contribution in [2.45, 2.75) is 0 Å². The minimum Gasteiger partial charge on any atom is -0.465 e. The largest absolute Gasteiger partial charge is 0.465 e. The maximum Gasteiger partial charge on any atom is 0.338 e. The molecule has 0 amide bonds. The number of methoxy groups -OCH3 is 1. The molecule has 0 saturated carbocycles. The van der Waals surface area contributed by atoms with Crippen LogP contribution >= 0.6 is 0 Å². The fraction of sp³-hybridized carbons (Fsp3) is 0.0556. The third-order valence-corrected chi connectivity index (χ3v) is 3.57. The average molecular weight is 362 g/mol. The number of esters is 1. The number of hydrogen-bond acceptors (Lipinski definition) is 9. The molecule has 0 atom stereocenters. The molecular weight excluding hydrogens is 348 g/mol. The van der Waals surface area contributed by atoms with Crippen LogP contribution in [0, 0.1) is 11.3 Å². The van der Waals surface area contributed by atoms with Crippen LogP contribution in [0.3, 0.4) is 0 Å². The van der Waals surface area contributed by atoms with Crippen molar-refractivity contribution in [3.63, 3.8) is 0 Å². The monoisotopic (exact) mass is 362 g/mol. The Morgan fingerprint density at radius 1 is 1.15 bits per heavy atom. The number of nitriles is 1. The molecule has 4 N–H and O–H groups in total. The zero-order chi connectivity index (χ0) is 19.4. The van der Waals surface area contributed by atoms with Crippen LogP contribution in [0.2, 0.25) is 0 Å². The van der Waals surface area contributed by atoms with Crippen LogP contribution in [-0.2, 0) is 4.74 Å². The van der Waals surface area contributed by atoms with E-state index >= 15 is 0 Å². The number of nitrogens with two attached hydrogens (primary N) is 2. The third kappa shape index (κ3) is 3.74. The molecule has 1 aromatic carbocycles. The molecule has 0 aliphatic heterocycles. The SMILES string of the molecule is COC(=O)c1ccnc(Oc2ccc(-c3nc(N)nc(N)c3C#N)cc2)c1. The second-order valence-electron chi connectivity index (χ2n) is 5.30. The predicted molar refractivity (Wildman–Crippen MR) is 96.7 cm³/mol. The Labute approximate surface area is 154 Å². The van der Waals surface area contributed by atoms with Crippen LogP contribution in [0.15, 0.2) is 42.6 Å². The van der Waals surface area contributed by atoms with Gasteiger partial charge in [-0.25, -0.2) is 14.8 Å². The lowest BCUT2D eigenvalue weighted by Gasteiger charge is -2.09. The van der Waals surface area contributed by atoms with Gasteiger partial charge in [0.2, 0.25) is 11.8 Å². The van der Waals surface area contributed by atoms with Gasteiger partial charge in [-0.15, -0.1) is 0 Å². The van der Waals surface area contributed by atoms with Gasteiger partial charge in [0.1, 0.15) is 23.2 Å². The van der Waals surface area contributed by atoms with Crippen molar-refractivity contribution in [1.29, 1.82) is 5.26 Å². The zero-order valence-corrected chi connectivity index (χ0v) is 14.2. The van der Waals surface area contributed by atoms with E-state index in [9.17, 15) is 10.1 Å². The fourth-order valence-electron chi connectivity index (χ4n) is 2.33. The first-order valence-corrected chi connectivity index (χ1v) is 7.67. The number of benzene rings is 1. The number of ether oxygens (including phenoxy) is 2. The van der Waals surface area contributed by atoms with Gasteiger partial charge < -0.3 is 20.9 Å². The van der Waals surface area contributed by atoms with E-state index in [1.54, 1.807) is 24.3 Å². The van der Waals surface area contributed by atoms with Crippen LogP contribution in [0.5, 0.6) is 11.6 Å². The Balaban J connectivity index is 1.87. The van der Waals surface area contributed by atoms with E-state index in [2.05, 4.69) is 19.7 Å². The Bertz CT molecular complexity index is 1040. The summed E-state index contributed by atoms with van der Waals surface area (Å²) in [5, 5.41) is 9.27. The van der Waals surface area contributed by atoms with Crippen LogP contribution in [-0.4, -0.2) is 28.0 Å². The molecule has 0 unspecified atom stereocenters. The van der Waals surface area contributed by atoms with Crippen LogP contribution in [0.1, 0.15) is 15.9 Å². The number of nitrogens with zero attached hydrogens (tertiary/aromatic N) is 4. The lowest BCUT2D eigenvalue weighted by atomic mass is 10.1. The maximum atomic E-state index is 11.6. The van der Waals surface area contributed by atoms with Crippen LogP contribution in [0.4, 0.5) is 11.8 Å². The van der Waals surface area contributed by atoms with Gasteiger partial charge in [-0.1, -0.05) is 0 Å². The molecule has 134 valence electrons. The molecule has 0 aliphatic carbocycles. The first-order chi connectivity index (χ1) is 13.0. The molecule has 0 aliphatic rings. The van der Waals surface area contributed by atoms with Crippen molar-refractivity contribution < 1.29 is 14.3 Å². The minimum atomic E-state index is -0.486. The number of carbonyl (C=O) groups excluding carboxylic acids is 1. The van der Waals surface area contributed by atoms with E-state index < -0.39 is 5.97 Å². The van der Waals surface area contributed by atoms with Crippen molar-refractivity contribution in [2.75, 3.05) is 18.6 Å². The molecule has 3 rings (SSSR count). The molecule has 2 aromatic heterocycles. The molecule has 0 bridgehead atoms. The number of anilines is 2. The normalized spacial score (nSPS) is 10.1. The second kappa shape index (κ2) is 7.37. The topological polar surface area (TPSA) is 150 Å². The summed E-state index contributed by atoms with van der Waals surface area (Å²) < 4.78 is 10.3. The zero-order valence-electron chi connectivity index (χ0n) is 14.2. The minimum absolute atomic E-state index is 0.0177. The Hall–Kier alpha value is -4.19. The van der Waals surface area contributed by atoms with Gasteiger partial charge in [-0.3, -0.25) is 0 Å². The number of hydrogen-bond donors (Lipinski definition) is 2. The van der Waals surface area contributed by atoms with Gasteiger partial charge in [0.15, 0.2) is 0 Å². The summed E-state index contributed by atoms with van der Waals surface area (Å²) in [6.07, 6.45) is 1.45. The van der Waals surface area contributed by atoms with Crippen LogP contribution in [0.25, 0.3) is 11.3 Å². The number of carbonyl (C=O) groups is 1. The molecule has 0 saturated heterocycles. The van der Waals surface area contributed by atoms with E-state index in [1.807, 2.05) is 6.07 Å². The average Bonchev–Trinajstić information content (AvgIpc) is 2.67. The summed E-state index contributed by atoms with van der Waals surface area (Å²) in [4.78, 5) is 23.5. The molecule has 0 fully saturated rings. The van der Waals surface area contributed by atoms with Crippen molar-refractivity contribution in [2.24, 2.45) is 0 Å². The van der Waals surface area contributed by atoms with Gasteiger partial charge in [0, 0.05) is 17.8 Å². The Morgan fingerprint density at radius 3 is 2.56 bits per heavy atom. The number of nitrogen functional groups attached to an aromatic ring is 2. The number of pyridine rings is 1. The molecule has 0 spiro atoms. The van der Waals surface area contributed by atoms with E-state index in [4.69, 9.17) is 16.2 Å². The molecule has 2 heterocycles. The quantitative estimate of drug-likeness (QED) is 0.665. The van der Waals surface area contributed by atoms with E-state index in [0.717, 1.165) is 0 Å².